The van der Waals surface area contributed by atoms with E-state index in [2.05, 4.69) is 36.3 Å². The van der Waals surface area contributed by atoms with E-state index < -0.39 is 0 Å². The van der Waals surface area contributed by atoms with Gasteiger partial charge in [0.25, 0.3) is 0 Å². The minimum absolute atomic E-state index is 0.705. The quantitative estimate of drug-likeness (QED) is 0.659. The molecule has 100 valence electrons. The number of aryl methyl sites for hydroxylation is 2. The molecule has 0 aliphatic rings. The molecule has 0 aliphatic heterocycles. The predicted octanol–water partition coefficient (Wildman–Crippen LogP) is 4.81. The van der Waals surface area contributed by atoms with Crippen molar-refractivity contribution in [2.75, 3.05) is 0 Å². The molecular formula is C17H15ClN2. The summed E-state index contributed by atoms with van der Waals surface area (Å²) in [4.78, 5) is 0. The van der Waals surface area contributed by atoms with Crippen molar-refractivity contribution in [1.82, 2.24) is 9.78 Å². The van der Waals surface area contributed by atoms with Crippen LogP contribution in [-0.2, 0) is 0 Å². The zero-order valence-electron chi connectivity index (χ0n) is 11.5. The Morgan fingerprint density at radius 1 is 0.900 bits per heavy atom. The van der Waals surface area contributed by atoms with Gasteiger partial charge in [0.15, 0.2) is 0 Å². The smallest absolute Gasteiger partial charge is 0.0930 e. The number of hydrogen-bond acceptors (Lipinski definition) is 1. The molecule has 0 radical (unpaired) electrons. The van der Waals surface area contributed by atoms with Crippen LogP contribution in [0.1, 0.15) is 11.3 Å². The van der Waals surface area contributed by atoms with Crippen molar-refractivity contribution in [2.24, 2.45) is 0 Å². The Morgan fingerprint density at radius 2 is 1.55 bits per heavy atom. The number of benzene rings is 2. The van der Waals surface area contributed by atoms with Crippen LogP contribution in [-0.4, -0.2) is 9.78 Å². The number of nitrogens with zero attached hydrogens (tertiary/aromatic N) is 2. The van der Waals surface area contributed by atoms with Gasteiger partial charge in [-0.1, -0.05) is 59.6 Å². The molecule has 0 N–H and O–H groups in total. The molecule has 0 atom stereocenters. The molecule has 1 aromatic heterocycles. The van der Waals surface area contributed by atoms with Crippen molar-refractivity contribution in [1.29, 1.82) is 0 Å². The number of halogens is 1. The summed E-state index contributed by atoms with van der Waals surface area (Å²) in [5.41, 5.74) is 5.09. The molecule has 0 bridgehead atoms. The first-order valence-corrected chi connectivity index (χ1v) is 6.92. The Bertz CT molecular complexity index is 728. The van der Waals surface area contributed by atoms with Crippen LogP contribution in [0.4, 0.5) is 0 Å². The van der Waals surface area contributed by atoms with Crippen LogP contribution in [0.5, 0.6) is 0 Å². The molecule has 0 fully saturated rings. The Morgan fingerprint density at radius 3 is 2.20 bits per heavy atom. The van der Waals surface area contributed by atoms with Gasteiger partial charge >= 0.3 is 0 Å². The van der Waals surface area contributed by atoms with Crippen molar-refractivity contribution >= 4 is 11.6 Å². The minimum atomic E-state index is 0.705. The maximum Gasteiger partial charge on any atom is 0.0930 e. The first kappa shape index (κ1) is 12.9. The first-order chi connectivity index (χ1) is 9.66. The van der Waals surface area contributed by atoms with Crippen LogP contribution in [0, 0.1) is 13.8 Å². The second-order valence-corrected chi connectivity index (χ2v) is 5.24. The Hall–Kier alpha value is -2.06. The van der Waals surface area contributed by atoms with Gasteiger partial charge in [-0.3, -0.25) is 0 Å². The second-order valence-electron chi connectivity index (χ2n) is 4.86. The lowest BCUT2D eigenvalue weighted by Crippen LogP contribution is -1.99. The Balaban J connectivity index is 2.22. The third-order valence-corrected chi connectivity index (χ3v) is 3.77. The zero-order valence-corrected chi connectivity index (χ0v) is 12.2. The summed E-state index contributed by atoms with van der Waals surface area (Å²) >= 11 is 6.45. The van der Waals surface area contributed by atoms with E-state index in [1.54, 1.807) is 0 Å². The number of hydrogen-bond donors (Lipinski definition) is 0. The Kier molecular flexibility index (Phi) is 3.33. The van der Waals surface area contributed by atoms with E-state index in [-0.39, 0.29) is 0 Å². The molecule has 2 nitrogen and oxygen atoms in total. The van der Waals surface area contributed by atoms with E-state index in [9.17, 15) is 0 Å². The predicted molar refractivity (Wildman–Crippen MR) is 83.5 cm³/mol. The normalized spacial score (nSPS) is 10.8. The third kappa shape index (κ3) is 2.23. The topological polar surface area (TPSA) is 17.8 Å². The van der Waals surface area contributed by atoms with Crippen LogP contribution in [0.25, 0.3) is 16.9 Å². The van der Waals surface area contributed by atoms with Gasteiger partial charge in [-0.2, -0.15) is 5.10 Å². The summed E-state index contributed by atoms with van der Waals surface area (Å²) in [6.45, 7) is 4.00. The van der Waals surface area contributed by atoms with Crippen LogP contribution in [0.15, 0.2) is 54.6 Å². The van der Waals surface area contributed by atoms with E-state index in [1.807, 2.05) is 41.9 Å². The van der Waals surface area contributed by atoms with Gasteiger partial charge in [-0.05, 0) is 26.0 Å². The van der Waals surface area contributed by atoms with E-state index in [1.165, 1.54) is 5.56 Å². The van der Waals surface area contributed by atoms with Crippen LogP contribution in [0.3, 0.4) is 0 Å². The zero-order chi connectivity index (χ0) is 14.1. The second kappa shape index (κ2) is 5.14. The van der Waals surface area contributed by atoms with Crippen molar-refractivity contribution < 1.29 is 0 Å². The van der Waals surface area contributed by atoms with Gasteiger partial charge < -0.3 is 0 Å². The number of aromatic nitrogens is 2. The van der Waals surface area contributed by atoms with Gasteiger partial charge in [-0.25, -0.2) is 4.68 Å². The summed E-state index contributed by atoms with van der Waals surface area (Å²) < 4.78 is 1.91. The van der Waals surface area contributed by atoms with Gasteiger partial charge in [0, 0.05) is 5.56 Å². The van der Waals surface area contributed by atoms with Gasteiger partial charge in [0.2, 0.25) is 0 Å². The molecule has 20 heavy (non-hydrogen) atoms. The molecular weight excluding hydrogens is 268 g/mol. The van der Waals surface area contributed by atoms with Crippen LogP contribution in [0.2, 0.25) is 5.02 Å². The molecule has 0 spiro atoms. The summed E-state index contributed by atoms with van der Waals surface area (Å²) in [6, 6.07) is 18.4. The van der Waals surface area contributed by atoms with Crippen LogP contribution < -0.4 is 0 Å². The molecule has 1 heterocycles. The lowest BCUT2D eigenvalue weighted by atomic mass is 10.1. The lowest BCUT2D eigenvalue weighted by Gasteiger charge is -2.08. The maximum atomic E-state index is 6.45. The van der Waals surface area contributed by atoms with Gasteiger partial charge in [-0.15, -0.1) is 0 Å². The molecule has 3 rings (SSSR count). The highest BCUT2D eigenvalue weighted by Crippen LogP contribution is 2.32. The van der Waals surface area contributed by atoms with E-state index in [0.29, 0.717) is 5.02 Å². The maximum absolute atomic E-state index is 6.45. The molecule has 3 heteroatoms. The van der Waals surface area contributed by atoms with E-state index in [0.717, 1.165) is 22.6 Å². The molecule has 0 amide bonds. The van der Waals surface area contributed by atoms with Crippen molar-refractivity contribution in [3.05, 3.63) is 70.9 Å². The lowest BCUT2D eigenvalue weighted by molar-refractivity contribution is 0.869. The minimum Gasteiger partial charge on any atom is -0.231 e. The highest BCUT2D eigenvalue weighted by Gasteiger charge is 2.16. The fourth-order valence-electron chi connectivity index (χ4n) is 2.23. The summed E-state index contributed by atoms with van der Waals surface area (Å²) in [5, 5.41) is 5.28. The molecule has 0 saturated heterocycles. The van der Waals surface area contributed by atoms with Crippen molar-refractivity contribution in [3.63, 3.8) is 0 Å². The SMILES string of the molecule is Cc1ccc(-n2nc(C)c(Cl)c2-c2ccccc2)cc1. The monoisotopic (exact) mass is 282 g/mol. The molecule has 0 aliphatic carbocycles. The van der Waals surface area contributed by atoms with Gasteiger partial charge in [0.05, 0.1) is 22.1 Å². The first-order valence-electron chi connectivity index (χ1n) is 6.54. The molecule has 2 aromatic carbocycles. The average Bonchev–Trinajstić information content (AvgIpc) is 2.77. The van der Waals surface area contributed by atoms with Gasteiger partial charge in [0.1, 0.15) is 0 Å². The summed E-state index contributed by atoms with van der Waals surface area (Å²) in [7, 11) is 0. The average molecular weight is 283 g/mol. The van der Waals surface area contributed by atoms with E-state index in [4.69, 9.17) is 11.6 Å². The molecule has 3 aromatic rings. The van der Waals surface area contributed by atoms with Crippen molar-refractivity contribution in [2.45, 2.75) is 13.8 Å². The third-order valence-electron chi connectivity index (χ3n) is 3.31. The summed E-state index contributed by atoms with van der Waals surface area (Å²) in [6.07, 6.45) is 0. The van der Waals surface area contributed by atoms with E-state index >= 15 is 0 Å². The summed E-state index contributed by atoms with van der Waals surface area (Å²) in [5.74, 6) is 0. The largest absolute Gasteiger partial charge is 0.231 e. The molecule has 0 saturated carbocycles. The van der Waals surface area contributed by atoms with Crippen LogP contribution >= 0.6 is 11.6 Å². The fourth-order valence-corrected chi connectivity index (χ4v) is 2.45. The van der Waals surface area contributed by atoms with Crippen molar-refractivity contribution in [3.8, 4) is 16.9 Å². The number of rotatable bonds is 2. The standard InChI is InChI=1S/C17H15ClN2/c1-12-8-10-15(11-9-12)20-17(16(18)13(2)19-20)14-6-4-3-5-7-14/h3-11H,1-2H3. The Labute approximate surface area is 123 Å². The highest BCUT2D eigenvalue weighted by molar-refractivity contribution is 6.33. The molecule has 0 unspecified atom stereocenters. The fraction of sp³-hybridized carbons (Fsp3) is 0.118. The highest BCUT2D eigenvalue weighted by atomic mass is 35.5.